The summed E-state index contributed by atoms with van der Waals surface area (Å²) < 4.78 is 0. The highest BCUT2D eigenvalue weighted by atomic mass is 16.1. The number of nitrogens with zero attached hydrogens (tertiary/aromatic N) is 2. The van der Waals surface area contributed by atoms with Crippen LogP contribution in [-0.2, 0) is 6.42 Å². The standard InChI is InChI=1S/C15H13N3O/c1-2-9-7-8-12-14(13(9)15(16)19)18-11-6-4-3-5-10(11)17-12/h3-8H,2H2,1H3,(H2,16,19). The van der Waals surface area contributed by atoms with Crippen LogP contribution in [0.3, 0.4) is 0 Å². The van der Waals surface area contributed by atoms with E-state index in [0.717, 1.165) is 23.0 Å². The van der Waals surface area contributed by atoms with Gasteiger partial charge in [0.25, 0.3) is 5.91 Å². The molecule has 94 valence electrons. The fourth-order valence-corrected chi connectivity index (χ4v) is 2.30. The summed E-state index contributed by atoms with van der Waals surface area (Å²) in [6.45, 7) is 1.99. The first-order valence-corrected chi connectivity index (χ1v) is 6.19. The maximum atomic E-state index is 11.7. The highest BCUT2D eigenvalue weighted by Gasteiger charge is 2.14. The number of aromatic nitrogens is 2. The molecule has 0 spiro atoms. The lowest BCUT2D eigenvalue weighted by Crippen LogP contribution is -2.15. The first-order chi connectivity index (χ1) is 9.20. The molecule has 4 heteroatoms. The topological polar surface area (TPSA) is 68.9 Å². The summed E-state index contributed by atoms with van der Waals surface area (Å²) in [5.41, 5.74) is 9.76. The molecule has 0 aliphatic carbocycles. The number of para-hydroxylation sites is 2. The number of primary amides is 1. The Bertz CT molecular complexity index is 796. The van der Waals surface area contributed by atoms with Crippen molar-refractivity contribution in [1.29, 1.82) is 0 Å². The van der Waals surface area contributed by atoms with Gasteiger partial charge in [0.1, 0.15) is 5.52 Å². The second-order valence-electron chi connectivity index (χ2n) is 4.40. The third-order valence-corrected chi connectivity index (χ3v) is 3.23. The van der Waals surface area contributed by atoms with Crippen LogP contribution in [0.25, 0.3) is 22.1 Å². The Morgan fingerprint density at radius 3 is 2.37 bits per heavy atom. The fourth-order valence-electron chi connectivity index (χ4n) is 2.30. The third kappa shape index (κ3) is 1.81. The average Bonchev–Trinajstić information content (AvgIpc) is 2.43. The highest BCUT2D eigenvalue weighted by Crippen LogP contribution is 2.22. The molecule has 2 N–H and O–H groups in total. The molecule has 3 rings (SSSR count). The van der Waals surface area contributed by atoms with E-state index in [4.69, 9.17) is 5.73 Å². The highest BCUT2D eigenvalue weighted by molar-refractivity contribution is 6.06. The lowest BCUT2D eigenvalue weighted by molar-refractivity contribution is 0.100. The molecule has 0 fully saturated rings. The molecule has 2 aromatic carbocycles. The summed E-state index contributed by atoms with van der Waals surface area (Å²) in [5, 5.41) is 0. The number of fused-ring (bicyclic) bond motifs is 2. The van der Waals surface area contributed by atoms with Crippen LogP contribution in [0.1, 0.15) is 22.8 Å². The zero-order valence-corrected chi connectivity index (χ0v) is 10.6. The molecular weight excluding hydrogens is 238 g/mol. The number of rotatable bonds is 2. The van der Waals surface area contributed by atoms with Crippen LogP contribution < -0.4 is 5.73 Å². The molecule has 0 saturated carbocycles. The number of carbonyl (C=O) groups excluding carboxylic acids is 1. The maximum absolute atomic E-state index is 11.7. The molecule has 0 aliphatic heterocycles. The molecule has 0 bridgehead atoms. The second kappa shape index (κ2) is 4.31. The fraction of sp³-hybridized carbons (Fsp3) is 0.133. The van der Waals surface area contributed by atoms with Gasteiger partial charge in [-0.2, -0.15) is 0 Å². The van der Waals surface area contributed by atoms with E-state index in [1.807, 2.05) is 43.3 Å². The van der Waals surface area contributed by atoms with Crippen molar-refractivity contribution in [3.63, 3.8) is 0 Å². The molecule has 1 amide bonds. The van der Waals surface area contributed by atoms with Gasteiger partial charge in [-0.3, -0.25) is 4.79 Å². The van der Waals surface area contributed by atoms with Crippen LogP contribution in [0.2, 0.25) is 0 Å². The molecule has 0 saturated heterocycles. The molecule has 1 aromatic heterocycles. The van der Waals surface area contributed by atoms with Gasteiger partial charge in [-0.05, 0) is 30.2 Å². The van der Waals surface area contributed by atoms with E-state index in [1.54, 1.807) is 0 Å². The lowest BCUT2D eigenvalue weighted by Gasteiger charge is -2.08. The molecule has 0 unspecified atom stereocenters. The van der Waals surface area contributed by atoms with E-state index in [9.17, 15) is 4.79 Å². The molecule has 4 nitrogen and oxygen atoms in total. The number of hydrogen-bond donors (Lipinski definition) is 1. The van der Waals surface area contributed by atoms with Crippen LogP contribution in [0.5, 0.6) is 0 Å². The summed E-state index contributed by atoms with van der Waals surface area (Å²) in [6, 6.07) is 11.4. The predicted molar refractivity (Wildman–Crippen MR) is 74.9 cm³/mol. The van der Waals surface area contributed by atoms with Crippen LogP contribution >= 0.6 is 0 Å². The van der Waals surface area contributed by atoms with Crippen LogP contribution in [-0.4, -0.2) is 15.9 Å². The summed E-state index contributed by atoms with van der Waals surface area (Å²) in [6.07, 6.45) is 0.739. The molecule has 1 heterocycles. The second-order valence-corrected chi connectivity index (χ2v) is 4.40. The lowest BCUT2D eigenvalue weighted by atomic mass is 10.0. The number of amides is 1. The van der Waals surface area contributed by atoms with E-state index in [-0.39, 0.29) is 0 Å². The molecule has 0 atom stereocenters. The van der Waals surface area contributed by atoms with Gasteiger partial charge in [0.2, 0.25) is 0 Å². The molecular formula is C15H13N3O. The molecule has 3 aromatic rings. The number of benzene rings is 2. The number of hydrogen-bond acceptors (Lipinski definition) is 3. The minimum Gasteiger partial charge on any atom is -0.366 e. The van der Waals surface area contributed by atoms with Gasteiger partial charge in [-0.25, -0.2) is 9.97 Å². The predicted octanol–water partition coefficient (Wildman–Crippen LogP) is 2.44. The summed E-state index contributed by atoms with van der Waals surface area (Å²) in [5.74, 6) is -0.452. The van der Waals surface area contributed by atoms with Crippen molar-refractivity contribution in [3.8, 4) is 0 Å². The van der Waals surface area contributed by atoms with Crippen molar-refractivity contribution < 1.29 is 4.79 Å². The Morgan fingerprint density at radius 2 is 1.74 bits per heavy atom. The molecule has 19 heavy (non-hydrogen) atoms. The normalized spacial score (nSPS) is 11.0. The van der Waals surface area contributed by atoms with E-state index < -0.39 is 5.91 Å². The van der Waals surface area contributed by atoms with Gasteiger partial charge in [0.15, 0.2) is 0 Å². The van der Waals surface area contributed by atoms with Crippen molar-refractivity contribution in [2.75, 3.05) is 0 Å². The first kappa shape index (κ1) is 11.6. The van der Waals surface area contributed by atoms with Crippen molar-refractivity contribution >= 4 is 28.0 Å². The van der Waals surface area contributed by atoms with Gasteiger partial charge in [0.05, 0.1) is 22.1 Å². The van der Waals surface area contributed by atoms with Gasteiger partial charge in [0, 0.05) is 0 Å². The van der Waals surface area contributed by atoms with E-state index in [2.05, 4.69) is 9.97 Å². The number of carbonyl (C=O) groups is 1. The van der Waals surface area contributed by atoms with Crippen molar-refractivity contribution in [2.24, 2.45) is 5.73 Å². The molecule has 0 aliphatic rings. The maximum Gasteiger partial charge on any atom is 0.251 e. The summed E-state index contributed by atoms with van der Waals surface area (Å²) in [4.78, 5) is 20.8. The Kier molecular flexibility index (Phi) is 2.63. The van der Waals surface area contributed by atoms with Gasteiger partial charge < -0.3 is 5.73 Å². The van der Waals surface area contributed by atoms with Gasteiger partial charge >= 0.3 is 0 Å². The van der Waals surface area contributed by atoms with Crippen molar-refractivity contribution in [3.05, 3.63) is 47.5 Å². The van der Waals surface area contributed by atoms with Crippen LogP contribution in [0.4, 0.5) is 0 Å². The Morgan fingerprint density at radius 1 is 1.05 bits per heavy atom. The van der Waals surface area contributed by atoms with E-state index in [0.29, 0.717) is 16.6 Å². The van der Waals surface area contributed by atoms with Gasteiger partial charge in [-0.15, -0.1) is 0 Å². The minimum atomic E-state index is -0.452. The monoisotopic (exact) mass is 251 g/mol. The van der Waals surface area contributed by atoms with E-state index in [1.165, 1.54) is 0 Å². The molecule has 0 radical (unpaired) electrons. The smallest absolute Gasteiger partial charge is 0.251 e. The quantitative estimate of drug-likeness (QED) is 0.711. The number of aryl methyl sites for hydroxylation is 1. The SMILES string of the molecule is CCc1ccc2nc3ccccc3nc2c1C(N)=O. The van der Waals surface area contributed by atoms with Crippen molar-refractivity contribution in [1.82, 2.24) is 9.97 Å². The zero-order valence-electron chi connectivity index (χ0n) is 10.6. The average molecular weight is 251 g/mol. The number of nitrogens with two attached hydrogens (primary N) is 1. The van der Waals surface area contributed by atoms with E-state index >= 15 is 0 Å². The third-order valence-electron chi connectivity index (χ3n) is 3.23. The zero-order chi connectivity index (χ0) is 13.4. The summed E-state index contributed by atoms with van der Waals surface area (Å²) >= 11 is 0. The summed E-state index contributed by atoms with van der Waals surface area (Å²) in [7, 11) is 0. The van der Waals surface area contributed by atoms with Crippen molar-refractivity contribution in [2.45, 2.75) is 13.3 Å². The Labute approximate surface area is 110 Å². The first-order valence-electron chi connectivity index (χ1n) is 6.19. The van der Waals surface area contributed by atoms with Gasteiger partial charge in [-0.1, -0.05) is 25.1 Å². The largest absolute Gasteiger partial charge is 0.366 e. The van der Waals surface area contributed by atoms with Crippen LogP contribution in [0.15, 0.2) is 36.4 Å². The minimum absolute atomic E-state index is 0.452. The Balaban J connectivity index is 2.47. The Hall–Kier alpha value is -2.49. The van der Waals surface area contributed by atoms with Crippen LogP contribution in [0, 0.1) is 0 Å².